The molecule has 0 saturated carbocycles. The minimum atomic E-state index is -0.791. The Morgan fingerprint density at radius 3 is 2.48 bits per heavy atom. The lowest BCUT2D eigenvalue weighted by molar-refractivity contribution is -0.387. The minimum Gasteiger partial charge on any atom is -0.381 e. The topological polar surface area (TPSA) is 55.2 Å². The number of rotatable bonds is 4. The zero-order valence-corrected chi connectivity index (χ0v) is 13.2. The van der Waals surface area contributed by atoms with Crippen molar-refractivity contribution in [2.75, 3.05) is 5.32 Å². The SMILES string of the molecule is Cc1cc(NCc2cccc([N+](=O)[O-])c2F)cc(C)c1Br. The van der Waals surface area contributed by atoms with Gasteiger partial charge in [0.25, 0.3) is 0 Å². The van der Waals surface area contributed by atoms with Gasteiger partial charge in [-0.15, -0.1) is 0 Å². The van der Waals surface area contributed by atoms with Crippen molar-refractivity contribution in [3.8, 4) is 0 Å². The van der Waals surface area contributed by atoms with Crippen LogP contribution < -0.4 is 5.32 Å². The number of nitro benzene ring substituents is 1. The minimum absolute atomic E-state index is 0.189. The average molecular weight is 353 g/mol. The van der Waals surface area contributed by atoms with Gasteiger partial charge in [0.05, 0.1) is 4.92 Å². The molecular formula is C15H14BrFN2O2. The molecule has 2 aromatic carbocycles. The molecule has 0 fully saturated rings. The molecule has 4 nitrogen and oxygen atoms in total. The summed E-state index contributed by atoms with van der Waals surface area (Å²) in [6, 6.07) is 8.05. The molecule has 0 aromatic heterocycles. The van der Waals surface area contributed by atoms with E-state index in [2.05, 4.69) is 21.2 Å². The highest BCUT2D eigenvalue weighted by Crippen LogP contribution is 2.26. The highest BCUT2D eigenvalue weighted by atomic mass is 79.9. The van der Waals surface area contributed by atoms with E-state index in [1.165, 1.54) is 12.1 Å². The van der Waals surface area contributed by atoms with E-state index < -0.39 is 16.4 Å². The summed E-state index contributed by atoms with van der Waals surface area (Å²) in [5.41, 5.74) is 2.74. The lowest BCUT2D eigenvalue weighted by Gasteiger charge is -2.11. The molecule has 2 aromatic rings. The number of anilines is 1. The van der Waals surface area contributed by atoms with Crippen molar-refractivity contribution >= 4 is 27.3 Å². The maximum Gasteiger partial charge on any atom is 0.305 e. The van der Waals surface area contributed by atoms with E-state index in [1.807, 2.05) is 26.0 Å². The summed E-state index contributed by atoms with van der Waals surface area (Å²) in [5.74, 6) is -0.791. The van der Waals surface area contributed by atoms with E-state index in [-0.39, 0.29) is 12.1 Å². The van der Waals surface area contributed by atoms with Crippen molar-refractivity contribution in [3.63, 3.8) is 0 Å². The van der Waals surface area contributed by atoms with Gasteiger partial charge in [0.15, 0.2) is 0 Å². The Morgan fingerprint density at radius 1 is 1.29 bits per heavy atom. The van der Waals surface area contributed by atoms with E-state index in [4.69, 9.17) is 0 Å². The van der Waals surface area contributed by atoms with Crippen molar-refractivity contribution in [2.45, 2.75) is 20.4 Å². The molecule has 0 radical (unpaired) electrons. The molecule has 0 aliphatic carbocycles. The van der Waals surface area contributed by atoms with E-state index in [9.17, 15) is 14.5 Å². The van der Waals surface area contributed by atoms with Crippen LogP contribution in [-0.4, -0.2) is 4.92 Å². The first-order valence-electron chi connectivity index (χ1n) is 6.32. The number of hydrogen-bond acceptors (Lipinski definition) is 3. The van der Waals surface area contributed by atoms with Crippen LogP contribution in [0.5, 0.6) is 0 Å². The lowest BCUT2D eigenvalue weighted by Crippen LogP contribution is -2.04. The maximum absolute atomic E-state index is 14.0. The quantitative estimate of drug-likeness (QED) is 0.639. The first-order chi connectivity index (χ1) is 9.90. The van der Waals surface area contributed by atoms with Gasteiger partial charge >= 0.3 is 5.69 Å². The van der Waals surface area contributed by atoms with Gasteiger partial charge in [-0.2, -0.15) is 4.39 Å². The third-order valence-electron chi connectivity index (χ3n) is 3.17. The smallest absolute Gasteiger partial charge is 0.305 e. The van der Waals surface area contributed by atoms with Gasteiger partial charge in [0.1, 0.15) is 0 Å². The fourth-order valence-corrected chi connectivity index (χ4v) is 2.32. The van der Waals surface area contributed by atoms with Gasteiger partial charge in [-0.3, -0.25) is 10.1 Å². The van der Waals surface area contributed by atoms with E-state index in [0.717, 1.165) is 27.4 Å². The second-order valence-corrected chi connectivity index (χ2v) is 5.58. The second-order valence-electron chi connectivity index (χ2n) is 4.78. The monoisotopic (exact) mass is 352 g/mol. The molecular weight excluding hydrogens is 339 g/mol. The molecule has 6 heteroatoms. The first-order valence-corrected chi connectivity index (χ1v) is 7.12. The average Bonchev–Trinajstić information content (AvgIpc) is 2.43. The zero-order valence-electron chi connectivity index (χ0n) is 11.6. The number of hydrogen-bond donors (Lipinski definition) is 1. The fraction of sp³-hybridized carbons (Fsp3) is 0.200. The van der Waals surface area contributed by atoms with Gasteiger partial charge in [0.2, 0.25) is 5.82 Å². The van der Waals surface area contributed by atoms with Crippen molar-refractivity contribution in [1.29, 1.82) is 0 Å². The Labute approximate surface area is 130 Å². The van der Waals surface area contributed by atoms with Gasteiger partial charge in [0, 0.05) is 28.3 Å². The number of nitrogens with zero attached hydrogens (tertiary/aromatic N) is 1. The van der Waals surface area contributed by atoms with Crippen LogP contribution in [0, 0.1) is 29.8 Å². The number of aryl methyl sites for hydroxylation is 2. The van der Waals surface area contributed by atoms with Crippen molar-refractivity contribution in [3.05, 3.63) is 67.4 Å². The van der Waals surface area contributed by atoms with Gasteiger partial charge < -0.3 is 5.32 Å². The molecule has 1 N–H and O–H groups in total. The van der Waals surface area contributed by atoms with Crippen LogP contribution in [-0.2, 0) is 6.54 Å². The number of halogens is 2. The fourth-order valence-electron chi connectivity index (χ4n) is 2.09. The van der Waals surface area contributed by atoms with Crippen LogP contribution in [0.3, 0.4) is 0 Å². The van der Waals surface area contributed by atoms with Crippen LogP contribution in [0.15, 0.2) is 34.8 Å². The highest BCUT2D eigenvalue weighted by molar-refractivity contribution is 9.10. The molecule has 0 unspecified atom stereocenters. The third kappa shape index (κ3) is 3.39. The Morgan fingerprint density at radius 2 is 1.90 bits per heavy atom. The lowest BCUT2D eigenvalue weighted by atomic mass is 10.1. The zero-order chi connectivity index (χ0) is 15.6. The molecule has 0 bridgehead atoms. The van der Waals surface area contributed by atoms with Gasteiger partial charge in [-0.05, 0) is 37.1 Å². The summed E-state index contributed by atoms with van der Waals surface area (Å²) in [5, 5.41) is 13.8. The van der Waals surface area contributed by atoms with Crippen molar-refractivity contribution in [1.82, 2.24) is 0 Å². The molecule has 21 heavy (non-hydrogen) atoms. The Bertz CT molecular complexity index is 681. The Hall–Kier alpha value is -1.95. The summed E-state index contributed by atoms with van der Waals surface area (Å²) in [6.45, 7) is 4.13. The van der Waals surface area contributed by atoms with E-state index in [1.54, 1.807) is 0 Å². The van der Waals surface area contributed by atoms with Crippen LogP contribution in [0.4, 0.5) is 15.8 Å². The summed E-state index contributed by atoms with van der Waals surface area (Å²) < 4.78 is 15.0. The molecule has 0 saturated heterocycles. The van der Waals surface area contributed by atoms with Gasteiger partial charge in [-0.25, -0.2) is 0 Å². The Kier molecular flexibility index (Phi) is 4.57. The summed E-state index contributed by atoms with van der Waals surface area (Å²) in [7, 11) is 0. The third-order valence-corrected chi connectivity index (χ3v) is 4.43. The molecule has 2 rings (SSSR count). The second kappa shape index (κ2) is 6.22. The maximum atomic E-state index is 14.0. The van der Waals surface area contributed by atoms with Gasteiger partial charge in [-0.1, -0.05) is 28.1 Å². The largest absolute Gasteiger partial charge is 0.381 e. The summed E-state index contributed by atoms with van der Waals surface area (Å²) in [4.78, 5) is 10.00. The number of nitrogens with one attached hydrogen (secondary N) is 1. The molecule has 0 aliphatic rings. The summed E-state index contributed by atoms with van der Waals surface area (Å²) in [6.07, 6.45) is 0. The predicted octanol–water partition coefficient (Wildman–Crippen LogP) is 4.73. The number of nitro groups is 1. The molecule has 0 amide bonds. The molecule has 0 spiro atoms. The summed E-state index contributed by atoms with van der Waals surface area (Å²) >= 11 is 3.48. The molecule has 0 atom stereocenters. The van der Waals surface area contributed by atoms with E-state index in [0.29, 0.717) is 0 Å². The highest BCUT2D eigenvalue weighted by Gasteiger charge is 2.16. The predicted molar refractivity (Wildman–Crippen MR) is 84.0 cm³/mol. The molecule has 0 heterocycles. The molecule has 0 aliphatic heterocycles. The van der Waals surface area contributed by atoms with Crippen LogP contribution >= 0.6 is 15.9 Å². The van der Waals surface area contributed by atoms with Crippen molar-refractivity contribution in [2.24, 2.45) is 0 Å². The normalized spacial score (nSPS) is 10.5. The Balaban J connectivity index is 2.21. The number of benzene rings is 2. The standard InChI is InChI=1S/C15H14BrFN2O2/c1-9-6-12(7-10(2)14(9)16)18-8-11-4-3-5-13(15(11)17)19(20)21/h3-7,18H,8H2,1-2H3. The van der Waals surface area contributed by atoms with Crippen LogP contribution in [0.2, 0.25) is 0 Å². The molecule has 110 valence electrons. The first kappa shape index (κ1) is 15.4. The van der Waals surface area contributed by atoms with Crippen LogP contribution in [0.25, 0.3) is 0 Å². The van der Waals surface area contributed by atoms with Crippen LogP contribution in [0.1, 0.15) is 16.7 Å². The van der Waals surface area contributed by atoms with Crippen molar-refractivity contribution < 1.29 is 9.31 Å². The van der Waals surface area contributed by atoms with E-state index >= 15 is 0 Å².